The summed E-state index contributed by atoms with van der Waals surface area (Å²) in [5.41, 5.74) is 0.832. The largest absolute Gasteiger partial charge is 0.494 e. The number of carbonyl (C=O) groups excluding carboxylic acids is 1. The van der Waals surface area contributed by atoms with Gasteiger partial charge >= 0.3 is 0 Å². The van der Waals surface area contributed by atoms with Gasteiger partial charge in [-0.2, -0.15) is 0 Å². The SMILES string of the molecule is C.O=C(c1ccc(OCCCN2CCCCC2)cc1)C1CC1. The number of hydrogen-bond donors (Lipinski definition) is 0. The van der Waals surface area contributed by atoms with E-state index < -0.39 is 0 Å². The Balaban J connectivity index is 0.00000176. The van der Waals surface area contributed by atoms with Crippen LogP contribution in [0.1, 0.15) is 56.3 Å². The second kappa shape index (κ2) is 8.33. The number of ketones is 1. The van der Waals surface area contributed by atoms with E-state index in [0.29, 0.717) is 11.7 Å². The zero-order valence-electron chi connectivity index (χ0n) is 12.7. The third-order valence-electron chi connectivity index (χ3n) is 4.42. The number of nitrogens with zero attached hydrogens (tertiary/aromatic N) is 1. The van der Waals surface area contributed by atoms with Gasteiger partial charge in [-0.1, -0.05) is 13.8 Å². The highest BCUT2D eigenvalue weighted by molar-refractivity contribution is 5.99. The Bertz CT molecular complexity index is 459. The van der Waals surface area contributed by atoms with Gasteiger partial charge in [0.2, 0.25) is 0 Å². The van der Waals surface area contributed by atoms with Crippen molar-refractivity contribution in [2.75, 3.05) is 26.2 Å². The first-order chi connectivity index (χ1) is 10.3. The fraction of sp³-hybridized carbons (Fsp3) is 0.632. The molecule has 0 radical (unpaired) electrons. The molecule has 1 saturated carbocycles. The number of Topliss-reactive ketones (excluding diaryl/α,β-unsaturated/α-hetero) is 1. The summed E-state index contributed by atoms with van der Waals surface area (Å²) < 4.78 is 5.77. The predicted octanol–water partition coefficient (Wildman–Crippen LogP) is 4.17. The summed E-state index contributed by atoms with van der Waals surface area (Å²) in [6.45, 7) is 4.39. The highest BCUT2D eigenvalue weighted by Gasteiger charge is 2.30. The molecule has 1 aliphatic heterocycles. The van der Waals surface area contributed by atoms with Crippen molar-refractivity contribution < 1.29 is 9.53 Å². The lowest BCUT2D eigenvalue weighted by Crippen LogP contribution is -2.31. The van der Waals surface area contributed by atoms with Gasteiger partial charge in [0, 0.05) is 18.0 Å². The first kappa shape index (κ1) is 17.0. The molecule has 1 aliphatic carbocycles. The molecular weight excluding hydrogens is 274 g/mol. The number of benzene rings is 1. The van der Waals surface area contributed by atoms with Crippen molar-refractivity contribution in [2.24, 2.45) is 5.92 Å². The molecule has 0 spiro atoms. The van der Waals surface area contributed by atoms with Crippen LogP contribution < -0.4 is 4.74 Å². The maximum absolute atomic E-state index is 11.9. The summed E-state index contributed by atoms with van der Waals surface area (Å²) in [4.78, 5) is 14.4. The molecule has 0 bridgehead atoms. The van der Waals surface area contributed by atoms with E-state index in [1.54, 1.807) is 0 Å². The molecule has 3 heteroatoms. The average molecular weight is 303 g/mol. The van der Waals surface area contributed by atoms with Crippen LogP contribution in [0.25, 0.3) is 0 Å². The molecule has 3 rings (SSSR count). The minimum absolute atomic E-state index is 0. The fourth-order valence-electron chi connectivity index (χ4n) is 2.96. The van der Waals surface area contributed by atoms with Gasteiger partial charge in [0.15, 0.2) is 5.78 Å². The van der Waals surface area contributed by atoms with Crippen LogP contribution in [0, 0.1) is 5.92 Å². The Morgan fingerprint density at radius 2 is 1.77 bits per heavy atom. The van der Waals surface area contributed by atoms with Gasteiger partial charge in [0.25, 0.3) is 0 Å². The summed E-state index contributed by atoms with van der Waals surface area (Å²) in [5, 5.41) is 0. The number of piperidine rings is 1. The molecular formula is C19H29NO2. The monoisotopic (exact) mass is 303 g/mol. The number of carbonyl (C=O) groups is 1. The zero-order valence-corrected chi connectivity index (χ0v) is 12.7. The van der Waals surface area contributed by atoms with Gasteiger partial charge < -0.3 is 9.64 Å². The first-order valence-electron chi connectivity index (χ1n) is 8.32. The fourth-order valence-corrected chi connectivity index (χ4v) is 2.96. The summed E-state index contributed by atoms with van der Waals surface area (Å²) in [6, 6.07) is 7.66. The number of rotatable bonds is 7. The van der Waals surface area contributed by atoms with Crippen LogP contribution in [0.4, 0.5) is 0 Å². The molecule has 1 aromatic rings. The molecule has 2 fully saturated rings. The number of hydrogen-bond acceptors (Lipinski definition) is 3. The topological polar surface area (TPSA) is 29.5 Å². The third-order valence-corrected chi connectivity index (χ3v) is 4.42. The Labute approximate surface area is 134 Å². The van der Waals surface area contributed by atoms with E-state index in [0.717, 1.165) is 43.7 Å². The predicted molar refractivity (Wildman–Crippen MR) is 90.6 cm³/mol. The summed E-state index contributed by atoms with van der Waals surface area (Å²) in [7, 11) is 0. The van der Waals surface area contributed by atoms with Gasteiger partial charge in [0.1, 0.15) is 5.75 Å². The summed E-state index contributed by atoms with van der Waals surface area (Å²) in [6.07, 6.45) is 7.28. The van der Waals surface area contributed by atoms with Crippen molar-refractivity contribution in [3.63, 3.8) is 0 Å². The highest BCUT2D eigenvalue weighted by Crippen LogP contribution is 2.32. The molecule has 122 valence electrons. The van der Waals surface area contributed by atoms with Crippen molar-refractivity contribution in [1.82, 2.24) is 4.90 Å². The van der Waals surface area contributed by atoms with Crippen molar-refractivity contribution in [2.45, 2.75) is 46.0 Å². The molecule has 0 aromatic heterocycles. The van der Waals surface area contributed by atoms with E-state index in [9.17, 15) is 4.79 Å². The quantitative estimate of drug-likeness (QED) is 0.559. The van der Waals surface area contributed by atoms with Crippen molar-refractivity contribution in [3.8, 4) is 5.75 Å². The molecule has 1 saturated heterocycles. The molecule has 1 aromatic carbocycles. The second-order valence-corrected chi connectivity index (χ2v) is 6.27. The van der Waals surface area contributed by atoms with Gasteiger partial charge in [-0.3, -0.25) is 4.79 Å². The van der Waals surface area contributed by atoms with Crippen LogP contribution in [0.15, 0.2) is 24.3 Å². The van der Waals surface area contributed by atoms with E-state index >= 15 is 0 Å². The molecule has 0 unspecified atom stereocenters. The van der Waals surface area contributed by atoms with Crippen LogP contribution in [0.3, 0.4) is 0 Å². The van der Waals surface area contributed by atoms with Gasteiger partial charge in [-0.15, -0.1) is 0 Å². The van der Waals surface area contributed by atoms with Crippen LogP contribution in [-0.2, 0) is 0 Å². The minimum atomic E-state index is 0. The van der Waals surface area contributed by atoms with E-state index in [1.807, 2.05) is 24.3 Å². The number of likely N-dealkylation sites (tertiary alicyclic amines) is 1. The molecule has 0 atom stereocenters. The maximum Gasteiger partial charge on any atom is 0.165 e. The van der Waals surface area contributed by atoms with Crippen LogP contribution in [-0.4, -0.2) is 36.9 Å². The Morgan fingerprint density at radius 3 is 2.41 bits per heavy atom. The van der Waals surface area contributed by atoms with E-state index in [-0.39, 0.29) is 7.43 Å². The van der Waals surface area contributed by atoms with Crippen molar-refractivity contribution in [3.05, 3.63) is 29.8 Å². The smallest absolute Gasteiger partial charge is 0.165 e. The van der Waals surface area contributed by atoms with E-state index in [2.05, 4.69) is 4.90 Å². The average Bonchev–Trinajstić information content (AvgIpc) is 3.37. The van der Waals surface area contributed by atoms with Crippen LogP contribution in [0.5, 0.6) is 5.75 Å². The lowest BCUT2D eigenvalue weighted by Gasteiger charge is -2.26. The van der Waals surface area contributed by atoms with Gasteiger partial charge in [-0.25, -0.2) is 0 Å². The Morgan fingerprint density at radius 1 is 1.09 bits per heavy atom. The lowest BCUT2D eigenvalue weighted by molar-refractivity contribution is 0.0967. The van der Waals surface area contributed by atoms with Crippen LogP contribution >= 0.6 is 0 Å². The normalized spacial score (nSPS) is 18.5. The Hall–Kier alpha value is -1.35. The molecule has 1 heterocycles. The standard InChI is InChI=1S/C18H25NO2.CH4/c20-18(15-5-6-15)16-7-9-17(10-8-16)21-14-4-13-19-11-2-1-3-12-19;/h7-10,15H,1-6,11-14H2;1H4. The van der Waals surface area contributed by atoms with E-state index in [4.69, 9.17) is 4.74 Å². The molecule has 22 heavy (non-hydrogen) atoms. The summed E-state index contributed by atoms with van der Waals surface area (Å²) >= 11 is 0. The maximum atomic E-state index is 11.9. The molecule has 0 amide bonds. The lowest BCUT2D eigenvalue weighted by atomic mass is 10.1. The van der Waals surface area contributed by atoms with Crippen molar-refractivity contribution in [1.29, 1.82) is 0 Å². The number of ether oxygens (including phenoxy) is 1. The zero-order chi connectivity index (χ0) is 14.5. The highest BCUT2D eigenvalue weighted by atomic mass is 16.5. The van der Waals surface area contributed by atoms with Gasteiger partial charge in [0.05, 0.1) is 6.61 Å². The molecule has 2 aliphatic rings. The third kappa shape index (κ3) is 4.84. The van der Waals surface area contributed by atoms with Crippen molar-refractivity contribution >= 4 is 5.78 Å². The Kier molecular flexibility index (Phi) is 6.44. The second-order valence-electron chi connectivity index (χ2n) is 6.27. The first-order valence-corrected chi connectivity index (χ1v) is 8.32. The van der Waals surface area contributed by atoms with E-state index in [1.165, 1.54) is 32.4 Å². The molecule has 0 N–H and O–H groups in total. The summed E-state index contributed by atoms with van der Waals surface area (Å²) in [5.74, 6) is 1.47. The van der Waals surface area contributed by atoms with Gasteiger partial charge in [-0.05, 0) is 69.5 Å². The van der Waals surface area contributed by atoms with Crippen LogP contribution in [0.2, 0.25) is 0 Å². The minimum Gasteiger partial charge on any atom is -0.494 e. The molecule has 3 nitrogen and oxygen atoms in total.